The van der Waals surface area contributed by atoms with Gasteiger partial charge in [0.05, 0.1) is 26.5 Å². The molecule has 17 heteroatoms. The van der Waals surface area contributed by atoms with E-state index in [1.807, 2.05) is 38.7 Å². The molecule has 0 radical (unpaired) electrons. The standard InChI is InChI=1S/C46H52N3O13S/c1-8-10-31(51)61-30-16-24-12-13-47-46(26(24)17-29(30)55-6)19-63-43-35-34(41-40(58-20-59-41)22(4)39(35)60-23(5)50)28(18-57-45(46)54)49-37(43)36-33-25(15-27(48-36)44(49)53)14-21(3)38(56-7)42(33)62-32(52)11-9-2/h14,16-17,27-28,36-37,43-44,47,53H,8-13,15,18-20H2,1-7H3/q-1/t27-,28-,36+,37?,43+,44-,46+/m0/s1. The molecule has 7 heterocycles. The Kier molecular flexibility index (Phi) is 11.5. The lowest BCUT2D eigenvalue weighted by atomic mass is 9.74. The van der Waals surface area contributed by atoms with Gasteiger partial charge in [0, 0.05) is 60.0 Å². The normalized spacial score (nSPS) is 26.4. The van der Waals surface area contributed by atoms with Crippen LogP contribution in [0.1, 0.15) is 108 Å². The molecule has 2 N–H and O–H groups in total. The zero-order valence-electron chi connectivity index (χ0n) is 36.4. The summed E-state index contributed by atoms with van der Waals surface area (Å²) in [6.07, 6.45) is 1.30. The van der Waals surface area contributed by atoms with Crippen LogP contribution >= 0.6 is 11.8 Å². The van der Waals surface area contributed by atoms with Crippen LogP contribution in [0.25, 0.3) is 5.32 Å². The highest BCUT2D eigenvalue weighted by atomic mass is 32.2. The number of aliphatic hydroxyl groups is 1. The van der Waals surface area contributed by atoms with E-state index in [4.69, 9.17) is 43.2 Å². The van der Waals surface area contributed by atoms with Crippen molar-refractivity contribution in [1.29, 1.82) is 0 Å². The quantitative estimate of drug-likeness (QED) is 0.192. The van der Waals surface area contributed by atoms with E-state index in [-0.39, 0.29) is 55.0 Å². The summed E-state index contributed by atoms with van der Waals surface area (Å²) in [5.74, 6) is 0.503. The van der Waals surface area contributed by atoms with Gasteiger partial charge in [0.25, 0.3) is 0 Å². The monoisotopic (exact) mass is 886 g/mol. The van der Waals surface area contributed by atoms with Crippen molar-refractivity contribution >= 4 is 35.6 Å². The van der Waals surface area contributed by atoms with Crippen LogP contribution in [0, 0.1) is 13.8 Å². The molecule has 0 aromatic heterocycles. The van der Waals surface area contributed by atoms with Gasteiger partial charge in [-0.25, -0.2) is 4.79 Å². The van der Waals surface area contributed by atoms with E-state index in [9.17, 15) is 19.5 Å². The number of carbonyl (C=O) groups excluding carboxylic acids is 4. The van der Waals surface area contributed by atoms with Crippen LogP contribution in [0.5, 0.6) is 40.2 Å². The minimum absolute atomic E-state index is 0.0811. The Balaban J connectivity index is 1.27. The number of hydrogen-bond donors (Lipinski definition) is 2. The lowest BCUT2D eigenvalue weighted by Crippen LogP contribution is -2.64. The number of aliphatic hydroxyl groups excluding tert-OH is 1. The SMILES string of the molecule is CCCC(=O)Oc1cc2c(cc1OC)[C@@]1(CS[C@@H]3c4c(OC(C)=O)c(C)c5c(c4[C@H](COC1=O)N1C3[C@@H]3[N-][C@@H](Cc4cc(C)c(OC)c(OC(=O)CCC)c43)[C@@H]1O)OCO5)NCC2. The Morgan fingerprint density at radius 1 is 0.905 bits per heavy atom. The molecule has 7 atom stereocenters. The predicted octanol–water partition coefficient (Wildman–Crippen LogP) is 5.85. The van der Waals surface area contributed by atoms with Gasteiger partial charge in [-0.2, -0.15) is 0 Å². The number of piperazine rings is 1. The van der Waals surface area contributed by atoms with Crippen molar-refractivity contribution in [2.45, 2.75) is 114 Å². The van der Waals surface area contributed by atoms with Gasteiger partial charge in [-0.3, -0.25) is 24.6 Å². The van der Waals surface area contributed by atoms with Crippen LogP contribution < -0.4 is 38.5 Å². The molecule has 1 unspecified atom stereocenters. The van der Waals surface area contributed by atoms with Crippen molar-refractivity contribution < 1.29 is 62.2 Å². The minimum Gasteiger partial charge on any atom is -0.648 e. The van der Waals surface area contributed by atoms with Gasteiger partial charge >= 0.3 is 23.9 Å². The Morgan fingerprint density at radius 2 is 1.65 bits per heavy atom. The summed E-state index contributed by atoms with van der Waals surface area (Å²) in [6, 6.07) is 2.61. The second-order valence-corrected chi connectivity index (χ2v) is 18.0. The molecule has 7 aliphatic heterocycles. The summed E-state index contributed by atoms with van der Waals surface area (Å²) in [6.45, 7) is 8.89. The van der Waals surface area contributed by atoms with E-state index >= 15 is 4.79 Å². The predicted molar refractivity (Wildman–Crippen MR) is 228 cm³/mol. The molecular formula is C46H52N3O13S-. The molecule has 0 saturated carbocycles. The maximum Gasteiger partial charge on any atom is 0.331 e. The summed E-state index contributed by atoms with van der Waals surface area (Å²) in [5, 5.41) is 20.8. The average molecular weight is 887 g/mol. The third-order valence-corrected chi connectivity index (χ3v) is 14.4. The highest BCUT2D eigenvalue weighted by Crippen LogP contribution is 2.65. The first-order valence-corrected chi connectivity index (χ1v) is 22.6. The summed E-state index contributed by atoms with van der Waals surface area (Å²) in [5.41, 5.74) is 4.00. The van der Waals surface area contributed by atoms with E-state index in [0.29, 0.717) is 77.3 Å². The van der Waals surface area contributed by atoms with Gasteiger partial charge in [0.2, 0.25) is 6.79 Å². The second kappa shape index (κ2) is 16.8. The summed E-state index contributed by atoms with van der Waals surface area (Å²) in [7, 11) is 3.02. The van der Waals surface area contributed by atoms with Crippen molar-refractivity contribution in [3.63, 3.8) is 0 Å². The van der Waals surface area contributed by atoms with Gasteiger partial charge in [-0.1, -0.05) is 32.0 Å². The molecule has 0 aliphatic carbocycles. The first kappa shape index (κ1) is 43.2. The van der Waals surface area contributed by atoms with Gasteiger partial charge < -0.3 is 48.3 Å². The van der Waals surface area contributed by atoms with Crippen LogP contribution in [-0.4, -0.2) is 92.1 Å². The zero-order chi connectivity index (χ0) is 44.5. The number of rotatable bonds is 9. The largest absolute Gasteiger partial charge is 0.648 e. The van der Waals surface area contributed by atoms with Gasteiger partial charge in [-0.15, -0.1) is 11.8 Å². The first-order chi connectivity index (χ1) is 30.3. The molecule has 63 heavy (non-hydrogen) atoms. The minimum atomic E-state index is -1.44. The number of aryl methyl sites for hydroxylation is 1. The van der Waals surface area contributed by atoms with E-state index < -0.39 is 65.1 Å². The molecule has 2 fully saturated rings. The van der Waals surface area contributed by atoms with Crippen LogP contribution in [0.15, 0.2) is 18.2 Å². The van der Waals surface area contributed by atoms with E-state index in [2.05, 4.69) is 5.32 Å². The van der Waals surface area contributed by atoms with Crippen molar-refractivity contribution in [1.82, 2.24) is 10.2 Å². The zero-order valence-corrected chi connectivity index (χ0v) is 37.2. The molecule has 10 rings (SSSR count). The smallest absolute Gasteiger partial charge is 0.331 e. The van der Waals surface area contributed by atoms with E-state index in [0.717, 1.165) is 16.7 Å². The lowest BCUT2D eigenvalue weighted by molar-refractivity contribution is -0.160. The maximum absolute atomic E-state index is 15.0. The number of esters is 4. The molecule has 1 spiro atoms. The number of nitrogens with zero attached hydrogens (tertiary/aromatic N) is 2. The fraction of sp³-hybridized carbons (Fsp3) is 0.522. The topological polar surface area (TPSA) is 192 Å². The third-order valence-electron chi connectivity index (χ3n) is 13.0. The number of nitrogens with one attached hydrogen (secondary N) is 1. The van der Waals surface area contributed by atoms with Gasteiger partial charge in [-0.05, 0) is 79.5 Å². The highest BCUT2D eigenvalue weighted by Gasteiger charge is 2.57. The number of methoxy groups -OCH3 is 2. The maximum atomic E-state index is 15.0. The third kappa shape index (κ3) is 6.98. The number of hydrogen-bond acceptors (Lipinski definition) is 16. The molecular weight excluding hydrogens is 835 g/mol. The van der Waals surface area contributed by atoms with Gasteiger partial charge in [0.1, 0.15) is 12.4 Å². The highest BCUT2D eigenvalue weighted by molar-refractivity contribution is 7.99. The molecule has 16 nitrogen and oxygen atoms in total. The molecule has 3 aromatic rings. The molecule has 0 amide bonds. The molecule has 336 valence electrons. The van der Waals surface area contributed by atoms with Crippen molar-refractivity contribution in [3.05, 3.63) is 68.0 Å². The Morgan fingerprint density at radius 3 is 2.37 bits per heavy atom. The van der Waals surface area contributed by atoms with Crippen LogP contribution in [0.2, 0.25) is 0 Å². The number of benzene rings is 3. The lowest BCUT2D eigenvalue weighted by Gasteiger charge is -2.65. The Labute approximate surface area is 369 Å². The summed E-state index contributed by atoms with van der Waals surface area (Å²) >= 11 is 1.42. The van der Waals surface area contributed by atoms with Crippen molar-refractivity contribution in [3.8, 4) is 40.2 Å². The second-order valence-electron chi connectivity index (χ2n) is 16.8. The van der Waals surface area contributed by atoms with E-state index in [1.165, 1.54) is 32.9 Å². The fourth-order valence-corrected chi connectivity index (χ4v) is 12.1. The number of carbonyl (C=O) groups is 4. The molecule has 7 aliphatic rings. The average Bonchev–Trinajstić information content (AvgIpc) is 3.75. The Bertz CT molecular complexity index is 2410. The molecule has 4 bridgehead atoms. The number of fused-ring (bicyclic) bond motifs is 9. The molecule has 2 saturated heterocycles. The van der Waals surface area contributed by atoms with Crippen molar-refractivity contribution in [2.75, 3.05) is 39.9 Å². The van der Waals surface area contributed by atoms with Gasteiger partial charge in [0.15, 0.2) is 40.0 Å². The number of ether oxygens (including phenoxy) is 8. The number of thioether (sulfide) groups is 1. The van der Waals surface area contributed by atoms with Crippen LogP contribution in [0.3, 0.4) is 0 Å². The summed E-state index contributed by atoms with van der Waals surface area (Å²) in [4.78, 5) is 56.1. The summed E-state index contributed by atoms with van der Waals surface area (Å²) < 4.78 is 48.6. The van der Waals surface area contributed by atoms with Crippen LogP contribution in [0.4, 0.5) is 0 Å². The molecule has 3 aromatic carbocycles. The first-order valence-electron chi connectivity index (χ1n) is 21.5. The fourth-order valence-electron chi connectivity index (χ4n) is 10.4. The van der Waals surface area contributed by atoms with E-state index in [1.54, 1.807) is 12.1 Å². The van der Waals surface area contributed by atoms with Crippen LogP contribution in [-0.2, 0) is 42.3 Å². The Hall–Kier alpha value is -5.07. The van der Waals surface area contributed by atoms with Crippen molar-refractivity contribution in [2.24, 2.45) is 0 Å².